The molecule has 3 aromatic heterocycles. The maximum Gasteiger partial charge on any atom is 0.268 e. The Kier molecular flexibility index (Phi) is 4.70. The molecule has 0 atom stereocenters. The normalized spacial score (nSPS) is 20.4. The number of thiophene rings is 1. The summed E-state index contributed by atoms with van der Waals surface area (Å²) < 4.78 is 13.1. The Balaban J connectivity index is 1.62. The summed E-state index contributed by atoms with van der Waals surface area (Å²) in [7, 11) is 2.15. The Morgan fingerprint density at radius 3 is 2.97 bits per heavy atom. The van der Waals surface area contributed by atoms with Crippen molar-refractivity contribution in [2.45, 2.75) is 58.0 Å². The number of aromatic amines is 1. The predicted octanol–water partition coefficient (Wildman–Crippen LogP) is 2.99. The van der Waals surface area contributed by atoms with Crippen molar-refractivity contribution in [2.75, 3.05) is 20.1 Å². The number of piperidine rings is 1. The van der Waals surface area contributed by atoms with Crippen molar-refractivity contribution in [2.24, 2.45) is 0 Å². The van der Waals surface area contributed by atoms with E-state index in [0.29, 0.717) is 17.9 Å². The van der Waals surface area contributed by atoms with E-state index >= 15 is 0 Å². The van der Waals surface area contributed by atoms with Crippen molar-refractivity contribution in [1.82, 2.24) is 19.9 Å². The molecule has 0 bridgehead atoms. The monoisotopic (exact) mass is 414 g/mol. The van der Waals surface area contributed by atoms with E-state index in [9.17, 15) is 4.79 Å². The Morgan fingerprint density at radius 1 is 1.38 bits per heavy atom. The molecule has 7 nitrogen and oxygen atoms in total. The minimum absolute atomic E-state index is 0.116. The van der Waals surface area contributed by atoms with Gasteiger partial charge in [0.05, 0.1) is 42.5 Å². The summed E-state index contributed by atoms with van der Waals surface area (Å²) in [6, 6.07) is 0. The Hall–Kier alpha value is -1.87. The summed E-state index contributed by atoms with van der Waals surface area (Å²) in [6.45, 7) is 7.31. The largest absolute Gasteiger partial charge is 0.373 e. The maximum absolute atomic E-state index is 12.3. The van der Waals surface area contributed by atoms with Gasteiger partial charge in [0, 0.05) is 30.5 Å². The molecule has 0 spiro atoms. The van der Waals surface area contributed by atoms with Gasteiger partial charge in [0.2, 0.25) is 0 Å². The van der Waals surface area contributed by atoms with Crippen molar-refractivity contribution in [3.8, 4) is 0 Å². The second-order valence-corrected chi connectivity index (χ2v) is 9.75. The van der Waals surface area contributed by atoms with Crippen LogP contribution >= 0.6 is 11.3 Å². The fraction of sp³-hybridized carbons (Fsp3) is 0.571. The van der Waals surface area contributed by atoms with Gasteiger partial charge in [-0.15, -0.1) is 11.3 Å². The molecule has 8 heteroatoms. The third-order valence-electron chi connectivity index (χ3n) is 6.04. The summed E-state index contributed by atoms with van der Waals surface area (Å²) in [5.74, 6) is 0. The second-order valence-electron chi connectivity index (χ2n) is 8.75. The number of likely N-dealkylation sites (tertiary alicyclic amines) is 1. The molecule has 29 heavy (non-hydrogen) atoms. The lowest BCUT2D eigenvalue weighted by molar-refractivity contribution is -0.0434. The highest BCUT2D eigenvalue weighted by Crippen LogP contribution is 2.38. The first-order valence-corrected chi connectivity index (χ1v) is 11.0. The van der Waals surface area contributed by atoms with Gasteiger partial charge < -0.3 is 19.4 Å². The first-order valence-electron chi connectivity index (χ1n) is 10.2. The Morgan fingerprint density at radius 2 is 2.17 bits per heavy atom. The smallest absolute Gasteiger partial charge is 0.268 e. The van der Waals surface area contributed by atoms with E-state index in [4.69, 9.17) is 14.5 Å². The minimum atomic E-state index is -0.244. The van der Waals surface area contributed by atoms with E-state index in [0.717, 1.165) is 64.9 Å². The highest BCUT2D eigenvalue weighted by atomic mass is 32.1. The van der Waals surface area contributed by atoms with Gasteiger partial charge >= 0.3 is 0 Å². The summed E-state index contributed by atoms with van der Waals surface area (Å²) >= 11 is 1.42. The number of nitrogens with one attached hydrogen (secondary N) is 1. The molecular formula is C21H26N4O3S. The molecule has 0 radical (unpaired) electrons. The number of hydrogen-bond acceptors (Lipinski definition) is 7. The van der Waals surface area contributed by atoms with Gasteiger partial charge in [0.1, 0.15) is 9.53 Å². The quantitative estimate of drug-likeness (QED) is 0.710. The molecule has 1 N–H and O–H groups in total. The van der Waals surface area contributed by atoms with Crippen LogP contribution in [-0.2, 0) is 29.1 Å². The number of rotatable bonds is 3. The number of aromatic nitrogens is 3. The van der Waals surface area contributed by atoms with Crippen molar-refractivity contribution in [3.63, 3.8) is 0 Å². The number of nitrogens with zero attached hydrogens (tertiary/aromatic N) is 3. The van der Waals surface area contributed by atoms with E-state index in [1.165, 1.54) is 17.7 Å². The first kappa shape index (κ1) is 19.1. The molecule has 3 aromatic rings. The molecule has 5 rings (SSSR count). The highest BCUT2D eigenvalue weighted by Gasteiger charge is 2.31. The van der Waals surface area contributed by atoms with Crippen LogP contribution in [0.2, 0.25) is 0 Å². The molecule has 0 amide bonds. The van der Waals surface area contributed by atoms with Crippen molar-refractivity contribution >= 4 is 31.8 Å². The van der Waals surface area contributed by atoms with Gasteiger partial charge in [-0.1, -0.05) is 0 Å². The zero-order chi connectivity index (χ0) is 20.2. The summed E-state index contributed by atoms with van der Waals surface area (Å²) in [4.78, 5) is 27.7. The number of pyridine rings is 1. The van der Waals surface area contributed by atoms with E-state index < -0.39 is 0 Å². The fourth-order valence-electron chi connectivity index (χ4n) is 4.33. The van der Waals surface area contributed by atoms with Crippen LogP contribution in [-0.4, -0.2) is 51.7 Å². The van der Waals surface area contributed by atoms with Crippen molar-refractivity contribution in [3.05, 3.63) is 33.5 Å². The molecule has 1 fully saturated rings. The summed E-state index contributed by atoms with van der Waals surface area (Å²) in [6.07, 6.45) is 4.55. The molecule has 0 aromatic carbocycles. The molecular weight excluding hydrogens is 388 g/mol. The van der Waals surface area contributed by atoms with E-state index in [1.54, 1.807) is 0 Å². The second kappa shape index (κ2) is 7.12. The van der Waals surface area contributed by atoms with Gasteiger partial charge in [-0.05, 0) is 39.3 Å². The SMILES string of the molecule is CN1CCC(OCc2c3c(nc4sc5c(=O)[nH]cnc5c24)CC(C)(C)OC3)CC1. The molecule has 0 aliphatic carbocycles. The Labute approximate surface area is 173 Å². The van der Waals surface area contributed by atoms with Gasteiger partial charge in [-0.25, -0.2) is 9.97 Å². The van der Waals surface area contributed by atoms with Crippen LogP contribution in [0.15, 0.2) is 11.1 Å². The fourth-order valence-corrected chi connectivity index (χ4v) is 5.40. The van der Waals surface area contributed by atoms with Crippen LogP contribution in [0.3, 0.4) is 0 Å². The average Bonchev–Trinajstić information content (AvgIpc) is 3.05. The average molecular weight is 415 g/mol. The number of H-pyrrole nitrogens is 1. The van der Waals surface area contributed by atoms with E-state index in [1.807, 2.05) is 0 Å². The number of hydrogen-bond donors (Lipinski definition) is 1. The molecule has 2 aliphatic rings. The Bertz CT molecular complexity index is 1130. The zero-order valence-electron chi connectivity index (χ0n) is 17.1. The van der Waals surface area contributed by atoms with Gasteiger partial charge in [-0.3, -0.25) is 4.79 Å². The third-order valence-corrected chi connectivity index (χ3v) is 7.11. The lowest BCUT2D eigenvalue weighted by atomic mass is 9.92. The van der Waals surface area contributed by atoms with Crippen LogP contribution in [0, 0.1) is 0 Å². The van der Waals surface area contributed by atoms with E-state index in [-0.39, 0.29) is 17.3 Å². The van der Waals surface area contributed by atoms with Crippen LogP contribution in [0.5, 0.6) is 0 Å². The first-order chi connectivity index (χ1) is 13.9. The van der Waals surface area contributed by atoms with Gasteiger partial charge in [0.15, 0.2) is 0 Å². The van der Waals surface area contributed by atoms with Gasteiger partial charge in [-0.2, -0.15) is 0 Å². The van der Waals surface area contributed by atoms with Crippen molar-refractivity contribution in [1.29, 1.82) is 0 Å². The zero-order valence-corrected chi connectivity index (χ0v) is 17.9. The van der Waals surface area contributed by atoms with Crippen LogP contribution in [0.25, 0.3) is 20.4 Å². The molecule has 1 saturated heterocycles. The third kappa shape index (κ3) is 3.48. The van der Waals surface area contributed by atoms with Crippen molar-refractivity contribution < 1.29 is 9.47 Å². The standard InChI is InChI=1S/C21H26N4O3S/c1-21(2)8-15-13(10-28-21)14(9-27-12-4-6-25(3)7-5-12)16-17-18(29-20(16)24-15)19(26)23-11-22-17/h11-12H,4-10H2,1-3H3,(H,22,23,26). The molecule has 5 heterocycles. The van der Waals surface area contributed by atoms with Crippen LogP contribution < -0.4 is 5.56 Å². The number of ether oxygens (including phenoxy) is 2. The van der Waals surface area contributed by atoms with Gasteiger partial charge in [0.25, 0.3) is 5.56 Å². The van der Waals surface area contributed by atoms with Crippen LogP contribution in [0.4, 0.5) is 0 Å². The lowest BCUT2D eigenvalue weighted by Gasteiger charge is -2.33. The highest BCUT2D eigenvalue weighted by molar-refractivity contribution is 7.25. The predicted molar refractivity (Wildman–Crippen MR) is 113 cm³/mol. The molecule has 154 valence electrons. The lowest BCUT2D eigenvalue weighted by Crippen LogP contribution is -2.35. The topological polar surface area (TPSA) is 80.3 Å². The molecule has 0 unspecified atom stereocenters. The summed E-state index contributed by atoms with van der Waals surface area (Å²) in [5, 5.41) is 0.950. The number of fused-ring (bicyclic) bond motifs is 4. The maximum atomic E-state index is 12.3. The molecule has 2 aliphatic heterocycles. The summed E-state index contributed by atoms with van der Waals surface area (Å²) in [5.41, 5.74) is 3.60. The minimum Gasteiger partial charge on any atom is -0.373 e. The van der Waals surface area contributed by atoms with E-state index in [2.05, 4.69) is 35.8 Å². The molecule has 0 saturated carbocycles. The van der Waals surface area contributed by atoms with Crippen LogP contribution in [0.1, 0.15) is 43.5 Å².